The largest absolute Gasteiger partial charge is 0.339 e. The summed E-state index contributed by atoms with van der Waals surface area (Å²) in [4.78, 5) is 27.5. The van der Waals surface area contributed by atoms with Crippen molar-refractivity contribution in [2.24, 2.45) is 0 Å². The molecule has 0 spiro atoms. The summed E-state index contributed by atoms with van der Waals surface area (Å²) in [7, 11) is 0. The molecule has 0 aliphatic carbocycles. The normalized spacial score (nSPS) is 17.2. The number of amides is 1. The Morgan fingerprint density at radius 1 is 1.32 bits per heavy atom. The highest BCUT2D eigenvalue weighted by Gasteiger charge is 2.25. The number of H-pyrrole nitrogens is 1. The predicted molar refractivity (Wildman–Crippen MR) is 114 cm³/mol. The van der Waals surface area contributed by atoms with Crippen LogP contribution in [0, 0.1) is 6.92 Å². The van der Waals surface area contributed by atoms with Crippen molar-refractivity contribution < 1.29 is 4.79 Å². The molecule has 1 fully saturated rings. The first kappa shape index (κ1) is 19.0. The maximum absolute atomic E-state index is 12.8. The van der Waals surface area contributed by atoms with Gasteiger partial charge < -0.3 is 9.88 Å². The molecule has 1 amide bonds. The topological polar surface area (TPSA) is 61.9 Å². The molecular weight excluding hydrogens is 368 g/mol. The molecule has 1 aromatic carbocycles. The lowest BCUT2D eigenvalue weighted by atomic mass is 10.0. The SMILES string of the molecule is CC[C@@H]1CCCCN1C(=O)CSc1ncccc1-c1nc2ccc(C)cc2[nH]1. The number of nitrogens with one attached hydrogen (secondary N) is 1. The molecule has 0 bridgehead atoms. The first-order chi connectivity index (χ1) is 13.7. The predicted octanol–water partition coefficient (Wildman–Crippen LogP) is 4.82. The lowest BCUT2D eigenvalue weighted by Gasteiger charge is -2.35. The number of imidazole rings is 1. The fourth-order valence-corrected chi connectivity index (χ4v) is 4.79. The van der Waals surface area contributed by atoms with Crippen LogP contribution in [0.5, 0.6) is 0 Å². The lowest BCUT2D eigenvalue weighted by Crippen LogP contribution is -2.44. The zero-order valence-electron chi connectivity index (χ0n) is 16.4. The first-order valence-corrected chi connectivity index (χ1v) is 11.0. The van der Waals surface area contributed by atoms with Crippen LogP contribution in [0.15, 0.2) is 41.6 Å². The Kier molecular flexibility index (Phi) is 5.67. The van der Waals surface area contributed by atoms with Crippen LogP contribution in [-0.2, 0) is 4.79 Å². The number of rotatable bonds is 5. The zero-order chi connectivity index (χ0) is 19.5. The Morgan fingerprint density at radius 2 is 2.21 bits per heavy atom. The Bertz CT molecular complexity index is 984. The lowest BCUT2D eigenvalue weighted by molar-refractivity contribution is -0.132. The molecule has 3 heterocycles. The minimum Gasteiger partial charge on any atom is -0.339 e. The number of pyridine rings is 1. The number of fused-ring (bicyclic) bond motifs is 1. The van der Waals surface area contributed by atoms with Crippen LogP contribution in [0.3, 0.4) is 0 Å². The van der Waals surface area contributed by atoms with E-state index in [4.69, 9.17) is 4.98 Å². The number of carbonyl (C=O) groups is 1. The number of piperidine rings is 1. The van der Waals surface area contributed by atoms with E-state index in [-0.39, 0.29) is 5.91 Å². The van der Waals surface area contributed by atoms with Crippen LogP contribution in [0.2, 0.25) is 0 Å². The van der Waals surface area contributed by atoms with Gasteiger partial charge in [-0.1, -0.05) is 24.8 Å². The summed E-state index contributed by atoms with van der Waals surface area (Å²) < 4.78 is 0. The van der Waals surface area contributed by atoms with Gasteiger partial charge in [0, 0.05) is 24.3 Å². The summed E-state index contributed by atoms with van der Waals surface area (Å²) in [5, 5.41) is 0.844. The van der Waals surface area contributed by atoms with Gasteiger partial charge in [-0.25, -0.2) is 9.97 Å². The minimum absolute atomic E-state index is 0.216. The maximum atomic E-state index is 12.8. The Labute approximate surface area is 170 Å². The van der Waals surface area contributed by atoms with Crippen LogP contribution in [0.25, 0.3) is 22.4 Å². The molecule has 1 atom stereocenters. The Hall–Kier alpha value is -2.34. The monoisotopic (exact) mass is 394 g/mol. The van der Waals surface area contributed by atoms with E-state index in [9.17, 15) is 4.79 Å². The van der Waals surface area contributed by atoms with Gasteiger partial charge in [0.25, 0.3) is 0 Å². The summed E-state index contributed by atoms with van der Waals surface area (Å²) in [5.74, 6) is 1.43. The molecular formula is C22H26N4OS. The first-order valence-electron chi connectivity index (χ1n) is 9.99. The van der Waals surface area contributed by atoms with Crippen LogP contribution >= 0.6 is 11.8 Å². The van der Waals surface area contributed by atoms with Crippen molar-refractivity contribution in [2.75, 3.05) is 12.3 Å². The van der Waals surface area contributed by atoms with Crippen LogP contribution in [-0.4, -0.2) is 44.1 Å². The van der Waals surface area contributed by atoms with E-state index < -0.39 is 0 Å². The van der Waals surface area contributed by atoms with Gasteiger partial charge in [0.05, 0.1) is 16.8 Å². The molecule has 0 radical (unpaired) electrons. The van der Waals surface area contributed by atoms with Gasteiger partial charge in [-0.15, -0.1) is 0 Å². The van der Waals surface area contributed by atoms with E-state index in [1.807, 2.05) is 18.2 Å². The van der Waals surface area contributed by atoms with Crippen molar-refractivity contribution in [2.45, 2.75) is 50.6 Å². The zero-order valence-corrected chi connectivity index (χ0v) is 17.3. The molecule has 146 valence electrons. The third-order valence-corrected chi connectivity index (χ3v) is 6.40. The molecule has 2 aromatic heterocycles. The van der Waals surface area contributed by atoms with Gasteiger partial charge in [-0.3, -0.25) is 4.79 Å². The summed E-state index contributed by atoms with van der Waals surface area (Å²) >= 11 is 1.51. The number of benzene rings is 1. The molecule has 28 heavy (non-hydrogen) atoms. The number of thioether (sulfide) groups is 1. The molecule has 1 aliphatic heterocycles. The van der Waals surface area contributed by atoms with Crippen molar-refractivity contribution in [3.8, 4) is 11.4 Å². The maximum Gasteiger partial charge on any atom is 0.233 e. The molecule has 4 rings (SSSR count). The highest BCUT2D eigenvalue weighted by atomic mass is 32.2. The van der Waals surface area contributed by atoms with E-state index in [2.05, 4.69) is 40.8 Å². The van der Waals surface area contributed by atoms with Crippen LogP contribution < -0.4 is 0 Å². The summed E-state index contributed by atoms with van der Waals surface area (Å²) in [6.07, 6.45) is 6.27. The van der Waals surface area contributed by atoms with Crippen LogP contribution in [0.1, 0.15) is 38.2 Å². The van der Waals surface area contributed by atoms with Gasteiger partial charge in [0.15, 0.2) is 0 Å². The average molecular weight is 395 g/mol. The van der Waals surface area contributed by atoms with Crippen molar-refractivity contribution >= 4 is 28.7 Å². The van der Waals surface area contributed by atoms with E-state index in [0.29, 0.717) is 11.8 Å². The Morgan fingerprint density at radius 3 is 3.07 bits per heavy atom. The summed E-state index contributed by atoms with van der Waals surface area (Å²) in [6.45, 7) is 5.13. The van der Waals surface area contributed by atoms with Crippen molar-refractivity contribution in [3.05, 3.63) is 42.1 Å². The van der Waals surface area contributed by atoms with Crippen molar-refractivity contribution in [1.29, 1.82) is 0 Å². The van der Waals surface area contributed by atoms with E-state index in [1.54, 1.807) is 6.20 Å². The quantitative estimate of drug-likeness (QED) is 0.631. The molecule has 1 saturated heterocycles. The van der Waals surface area contributed by atoms with Gasteiger partial charge >= 0.3 is 0 Å². The number of hydrogen-bond acceptors (Lipinski definition) is 4. The van der Waals surface area contributed by atoms with Crippen molar-refractivity contribution in [3.63, 3.8) is 0 Å². The third-order valence-electron chi connectivity index (χ3n) is 5.41. The van der Waals surface area contributed by atoms with Gasteiger partial charge in [0.1, 0.15) is 10.9 Å². The number of hydrogen-bond donors (Lipinski definition) is 1. The fourth-order valence-electron chi connectivity index (χ4n) is 3.90. The minimum atomic E-state index is 0.216. The number of nitrogens with zero attached hydrogens (tertiary/aromatic N) is 3. The van der Waals surface area contributed by atoms with Gasteiger partial charge in [0.2, 0.25) is 5.91 Å². The molecule has 1 aliphatic rings. The molecule has 6 heteroatoms. The third kappa shape index (κ3) is 3.92. The standard InChI is InChI=1S/C22H26N4OS/c1-3-16-7-4-5-12-26(16)20(27)14-28-22-17(8-6-11-23-22)21-24-18-10-9-15(2)13-19(18)25-21/h6,8-11,13,16H,3-5,7,12,14H2,1-2H3,(H,24,25)/t16-/m1/s1. The number of aryl methyl sites for hydroxylation is 1. The Balaban J connectivity index is 1.53. The van der Waals surface area contributed by atoms with E-state index >= 15 is 0 Å². The summed E-state index contributed by atoms with van der Waals surface area (Å²) in [6, 6.07) is 10.5. The van der Waals surface area contributed by atoms with Crippen molar-refractivity contribution in [1.82, 2.24) is 19.9 Å². The number of aromatic amines is 1. The number of carbonyl (C=O) groups excluding carboxylic acids is 1. The smallest absolute Gasteiger partial charge is 0.233 e. The fraction of sp³-hybridized carbons (Fsp3) is 0.409. The second-order valence-corrected chi connectivity index (χ2v) is 8.36. The molecule has 0 unspecified atom stereocenters. The van der Waals surface area contributed by atoms with E-state index in [1.165, 1.54) is 23.7 Å². The van der Waals surface area contributed by atoms with Gasteiger partial charge in [-0.05, 0) is 62.4 Å². The molecule has 5 nitrogen and oxygen atoms in total. The summed E-state index contributed by atoms with van der Waals surface area (Å²) in [5.41, 5.74) is 4.10. The van der Waals surface area contributed by atoms with Crippen LogP contribution in [0.4, 0.5) is 0 Å². The highest BCUT2D eigenvalue weighted by Crippen LogP contribution is 2.30. The molecule has 1 N–H and O–H groups in total. The molecule has 0 saturated carbocycles. The number of aromatic nitrogens is 3. The van der Waals surface area contributed by atoms with Gasteiger partial charge in [-0.2, -0.15) is 0 Å². The second kappa shape index (κ2) is 8.35. The average Bonchev–Trinajstić information content (AvgIpc) is 3.15. The second-order valence-electron chi connectivity index (χ2n) is 7.40. The van der Waals surface area contributed by atoms with E-state index in [0.717, 1.165) is 53.3 Å². The molecule has 3 aromatic rings. The highest BCUT2D eigenvalue weighted by molar-refractivity contribution is 8.00. The number of likely N-dealkylation sites (tertiary alicyclic amines) is 1.